The summed E-state index contributed by atoms with van der Waals surface area (Å²) in [6, 6.07) is 14.0. The average molecular weight is 370 g/mol. The molecule has 8 heteroatoms. The van der Waals surface area contributed by atoms with Gasteiger partial charge in [-0.15, -0.1) is 0 Å². The van der Waals surface area contributed by atoms with Crippen LogP contribution in [0.4, 0.5) is 11.4 Å². The molecule has 0 saturated carbocycles. The molecule has 1 N–H and O–H groups in total. The Bertz CT molecular complexity index is 946. The molecular weight excluding hydrogens is 358 g/mol. The van der Waals surface area contributed by atoms with Gasteiger partial charge < -0.3 is 10.1 Å². The lowest BCUT2D eigenvalue weighted by Gasteiger charge is -2.08. The van der Waals surface area contributed by atoms with Gasteiger partial charge in [0.25, 0.3) is 11.6 Å². The highest BCUT2D eigenvalue weighted by molar-refractivity contribution is 6.34. The summed E-state index contributed by atoms with van der Waals surface area (Å²) in [4.78, 5) is 26.4. The average Bonchev–Trinajstić information content (AvgIpc) is 2.64. The summed E-state index contributed by atoms with van der Waals surface area (Å²) in [5.74, 6) is 0.720. The second-order valence-electron chi connectivity index (χ2n) is 5.19. The van der Waals surface area contributed by atoms with Crippen LogP contribution in [0.15, 0.2) is 67.0 Å². The number of nitro groups is 1. The molecule has 0 aliphatic carbocycles. The second-order valence-corrected chi connectivity index (χ2v) is 5.60. The van der Waals surface area contributed by atoms with Gasteiger partial charge in [-0.25, -0.2) is 0 Å². The van der Waals surface area contributed by atoms with Gasteiger partial charge >= 0.3 is 0 Å². The number of nitrogens with one attached hydrogen (secondary N) is 1. The molecule has 0 atom stereocenters. The predicted molar refractivity (Wildman–Crippen MR) is 96.8 cm³/mol. The minimum atomic E-state index is -0.575. The number of hydrogen-bond acceptors (Lipinski definition) is 5. The molecule has 0 saturated heterocycles. The van der Waals surface area contributed by atoms with Gasteiger partial charge in [-0.3, -0.25) is 19.9 Å². The zero-order chi connectivity index (χ0) is 18.5. The van der Waals surface area contributed by atoms with Gasteiger partial charge in [-0.1, -0.05) is 11.6 Å². The fourth-order valence-electron chi connectivity index (χ4n) is 2.15. The number of carbonyl (C=O) groups excluding carboxylic acids is 1. The summed E-state index contributed by atoms with van der Waals surface area (Å²) >= 11 is 5.96. The highest BCUT2D eigenvalue weighted by atomic mass is 35.5. The molecule has 130 valence electrons. The van der Waals surface area contributed by atoms with E-state index in [1.165, 1.54) is 12.1 Å². The Labute approximate surface area is 153 Å². The number of hydrogen-bond donors (Lipinski definition) is 1. The lowest BCUT2D eigenvalue weighted by molar-refractivity contribution is -0.384. The standard InChI is InChI=1S/C18H12ClN3O4/c19-17-10-13(22(24)25)5-8-16(17)18(23)21-12-3-6-14(7-4-12)26-15-2-1-9-20-11-15/h1-11H,(H,21,23). The van der Waals surface area contributed by atoms with Crippen molar-refractivity contribution in [3.8, 4) is 11.5 Å². The monoisotopic (exact) mass is 369 g/mol. The molecular formula is C18H12ClN3O4. The molecule has 2 aromatic carbocycles. The van der Waals surface area contributed by atoms with E-state index in [2.05, 4.69) is 10.3 Å². The number of halogens is 1. The minimum Gasteiger partial charge on any atom is -0.456 e. The smallest absolute Gasteiger partial charge is 0.270 e. The zero-order valence-corrected chi connectivity index (χ0v) is 14.0. The molecule has 3 aromatic rings. The number of anilines is 1. The van der Waals surface area contributed by atoms with Crippen LogP contribution in [0.25, 0.3) is 0 Å². The van der Waals surface area contributed by atoms with Crippen molar-refractivity contribution in [1.29, 1.82) is 0 Å². The number of ether oxygens (including phenoxy) is 1. The van der Waals surface area contributed by atoms with Crippen molar-refractivity contribution in [1.82, 2.24) is 4.98 Å². The van der Waals surface area contributed by atoms with E-state index in [9.17, 15) is 14.9 Å². The lowest BCUT2D eigenvalue weighted by Crippen LogP contribution is -2.12. The summed E-state index contributed by atoms with van der Waals surface area (Å²) in [5, 5.41) is 13.4. The van der Waals surface area contributed by atoms with Crippen molar-refractivity contribution in [2.75, 3.05) is 5.32 Å². The molecule has 0 radical (unpaired) electrons. The number of pyridine rings is 1. The van der Waals surface area contributed by atoms with E-state index in [4.69, 9.17) is 16.3 Å². The number of amides is 1. The van der Waals surface area contributed by atoms with Gasteiger partial charge in [0.2, 0.25) is 0 Å². The van der Waals surface area contributed by atoms with Gasteiger partial charge in [0, 0.05) is 24.0 Å². The molecule has 1 amide bonds. The maximum Gasteiger partial charge on any atom is 0.270 e. The third-order valence-electron chi connectivity index (χ3n) is 3.39. The van der Waals surface area contributed by atoms with E-state index in [-0.39, 0.29) is 16.3 Å². The number of non-ortho nitro benzene ring substituents is 1. The highest BCUT2D eigenvalue weighted by Crippen LogP contribution is 2.25. The Hall–Kier alpha value is -3.45. The lowest BCUT2D eigenvalue weighted by atomic mass is 10.2. The molecule has 1 heterocycles. The highest BCUT2D eigenvalue weighted by Gasteiger charge is 2.15. The number of rotatable bonds is 5. The Balaban J connectivity index is 1.69. The first-order chi connectivity index (χ1) is 12.5. The molecule has 3 rings (SSSR count). The quantitative estimate of drug-likeness (QED) is 0.520. The molecule has 1 aromatic heterocycles. The van der Waals surface area contributed by atoms with Crippen molar-refractivity contribution in [3.05, 3.63) is 87.7 Å². The molecule has 0 aliphatic rings. The Morgan fingerprint density at radius 1 is 1.12 bits per heavy atom. The number of benzene rings is 2. The molecule has 0 bridgehead atoms. The van der Waals surface area contributed by atoms with Crippen LogP contribution in [0.5, 0.6) is 11.5 Å². The first-order valence-electron chi connectivity index (χ1n) is 7.46. The first kappa shape index (κ1) is 17.4. The molecule has 0 fully saturated rings. The number of nitrogens with zero attached hydrogens (tertiary/aromatic N) is 2. The van der Waals surface area contributed by atoms with Crippen molar-refractivity contribution >= 4 is 28.9 Å². The van der Waals surface area contributed by atoms with Crippen LogP contribution in [-0.2, 0) is 0 Å². The van der Waals surface area contributed by atoms with Crippen LogP contribution in [0, 0.1) is 10.1 Å². The van der Waals surface area contributed by atoms with E-state index in [0.29, 0.717) is 17.2 Å². The van der Waals surface area contributed by atoms with Crippen molar-refractivity contribution in [2.45, 2.75) is 0 Å². The zero-order valence-electron chi connectivity index (χ0n) is 13.3. The van der Waals surface area contributed by atoms with Crippen LogP contribution in [-0.4, -0.2) is 15.8 Å². The maximum absolute atomic E-state index is 12.3. The van der Waals surface area contributed by atoms with Crippen molar-refractivity contribution in [2.24, 2.45) is 0 Å². The van der Waals surface area contributed by atoms with Gasteiger partial charge in [-0.05, 0) is 42.5 Å². The minimum absolute atomic E-state index is 0.00762. The molecule has 0 spiro atoms. The third kappa shape index (κ3) is 4.14. The summed E-state index contributed by atoms with van der Waals surface area (Å²) in [7, 11) is 0. The third-order valence-corrected chi connectivity index (χ3v) is 3.70. The predicted octanol–water partition coefficient (Wildman–Crippen LogP) is 4.69. The molecule has 7 nitrogen and oxygen atoms in total. The molecule has 26 heavy (non-hydrogen) atoms. The molecule has 0 aliphatic heterocycles. The van der Waals surface area contributed by atoms with Gasteiger partial charge in [0.15, 0.2) is 0 Å². The van der Waals surface area contributed by atoms with E-state index < -0.39 is 10.8 Å². The fourth-order valence-corrected chi connectivity index (χ4v) is 2.41. The Kier molecular flexibility index (Phi) is 5.09. The summed E-state index contributed by atoms with van der Waals surface area (Å²) in [6.07, 6.45) is 3.24. The van der Waals surface area contributed by atoms with Crippen LogP contribution >= 0.6 is 11.6 Å². The molecule has 0 unspecified atom stereocenters. The topological polar surface area (TPSA) is 94.4 Å². The summed E-state index contributed by atoms with van der Waals surface area (Å²) in [5.41, 5.74) is 0.499. The second kappa shape index (κ2) is 7.62. The van der Waals surface area contributed by atoms with Crippen LogP contribution in [0.3, 0.4) is 0 Å². The van der Waals surface area contributed by atoms with E-state index in [1.807, 2.05) is 0 Å². The summed E-state index contributed by atoms with van der Waals surface area (Å²) < 4.78 is 5.62. The van der Waals surface area contributed by atoms with Gasteiger partial charge in [0.05, 0.1) is 21.7 Å². The van der Waals surface area contributed by atoms with Crippen molar-refractivity contribution < 1.29 is 14.5 Å². The van der Waals surface area contributed by atoms with E-state index in [0.717, 1.165) is 6.07 Å². The van der Waals surface area contributed by atoms with Crippen LogP contribution in [0.2, 0.25) is 5.02 Å². The van der Waals surface area contributed by atoms with Gasteiger partial charge in [-0.2, -0.15) is 0 Å². The normalized spacial score (nSPS) is 10.2. The largest absolute Gasteiger partial charge is 0.456 e. The van der Waals surface area contributed by atoms with E-state index in [1.54, 1.807) is 48.8 Å². The SMILES string of the molecule is O=C(Nc1ccc(Oc2cccnc2)cc1)c1ccc([N+](=O)[O-])cc1Cl. The van der Waals surface area contributed by atoms with Crippen molar-refractivity contribution in [3.63, 3.8) is 0 Å². The van der Waals surface area contributed by atoms with Crippen LogP contribution in [0.1, 0.15) is 10.4 Å². The van der Waals surface area contributed by atoms with Crippen LogP contribution < -0.4 is 10.1 Å². The summed E-state index contributed by atoms with van der Waals surface area (Å²) in [6.45, 7) is 0. The maximum atomic E-state index is 12.3. The first-order valence-corrected chi connectivity index (χ1v) is 7.84. The number of nitro benzene ring substituents is 1. The Morgan fingerprint density at radius 3 is 2.50 bits per heavy atom. The number of aromatic nitrogens is 1. The van der Waals surface area contributed by atoms with E-state index >= 15 is 0 Å². The number of carbonyl (C=O) groups is 1. The van der Waals surface area contributed by atoms with Gasteiger partial charge in [0.1, 0.15) is 11.5 Å². The Morgan fingerprint density at radius 2 is 1.88 bits per heavy atom. The fraction of sp³-hybridized carbons (Fsp3) is 0.